The molecule has 0 unspecified atom stereocenters. The van der Waals surface area contributed by atoms with Crippen molar-refractivity contribution >= 4 is 0 Å². The molecule has 2 aliphatic rings. The van der Waals surface area contributed by atoms with Crippen LogP contribution in [0.15, 0.2) is 85.2 Å². The molecule has 8 nitrogen and oxygen atoms in total. The van der Waals surface area contributed by atoms with Crippen molar-refractivity contribution in [3.63, 3.8) is 0 Å². The van der Waals surface area contributed by atoms with Gasteiger partial charge in [-0.3, -0.25) is 0 Å². The standard InChI is InChI=1S/C30H30N4O4/c1-30(2,38-19-22-12-8-5-9-13-22)29-32-26-27(33-29)34(20-31-28(26)35)17-23-14-15-24(36-3)25(16-23)37-18-21-10-6-4-7-11-21/h4-16,20,35H,17-19H2,1-3H3. The average molecular weight is 511 g/mol. The quantitative estimate of drug-likeness (QED) is 0.263. The Balaban J connectivity index is 1.38. The summed E-state index contributed by atoms with van der Waals surface area (Å²) in [6.45, 7) is 5.12. The molecule has 2 aliphatic heterocycles. The van der Waals surface area contributed by atoms with Gasteiger partial charge in [-0.1, -0.05) is 66.7 Å². The van der Waals surface area contributed by atoms with E-state index in [0.717, 1.165) is 16.7 Å². The van der Waals surface area contributed by atoms with Gasteiger partial charge in [-0.05, 0) is 42.7 Å². The SMILES string of the molecule is COc1ccc(Cn2cnc(O)c3nc(C(C)(C)OCc4ccccc4)nc2-3)cc1OCc1ccccc1. The van der Waals surface area contributed by atoms with E-state index in [1.807, 2.05) is 97.3 Å². The van der Waals surface area contributed by atoms with E-state index in [-0.39, 0.29) is 5.88 Å². The van der Waals surface area contributed by atoms with E-state index in [0.29, 0.717) is 48.6 Å². The van der Waals surface area contributed by atoms with E-state index in [1.54, 1.807) is 13.4 Å². The molecule has 0 radical (unpaired) electrons. The minimum atomic E-state index is -0.780. The summed E-state index contributed by atoms with van der Waals surface area (Å²) >= 11 is 0. The zero-order valence-corrected chi connectivity index (χ0v) is 21.7. The molecule has 3 aromatic rings. The van der Waals surface area contributed by atoms with Crippen LogP contribution in [0.4, 0.5) is 0 Å². The van der Waals surface area contributed by atoms with Crippen molar-refractivity contribution in [2.24, 2.45) is 0 Å². The summed E-state index contributed by atoms with van der Waals surface area (Å²) in [5, 5.41) is 10.4. The highest BCUT2D eigenvalue weighted by Crippen LogP contribution is 2.34. The molecule has 3 aromatic carbocycles. The maximum atomic E-state index is 10.4. The molecule has 0 amide bonds. The number of imidazole rings is 1. The van der Waals surface area contributed by atoms with Gasteiger partial charge in [0.25, 0.3) is 0 Å². The number of methoxy groups -OCH3 is 1. The third-order valence-corrected chi connectivity index (χ3v) is 6.24. The van der Waals surface area contributed by atoms with Gasteiger partial charge in [0.1, 0.15) is 18.5 Å². The summed E-state index contributed by atoms with van der Waals surface area (Å²) < 4.78 is 19.6. The second kappa shape index (κ2) is 10.9. The van der Waals surface area contributed by atoms with Gasteiger partial charge in [0.05, 0.1) is 20.3 Å². The summed E-state index contributed by atoms with van der Waals surface area (Å²) in [6.07, 6.45) is 1.56. The normalized spacial score (nSPS) is 11.6. The largest absolute Gasteiger partial charge is 0.493 e. The van der Waals surface area contributed by atoms with E-state index >= 15 is 0 Å². The molecule has 0 aliphatic carbocycles. The van der Waals surface area contributed by atoms with Gasteiger partial charge >= 0.3 is 0 Å². The Morgan fingerprint density at radius 3 is 2.18 bits per heavy atom. The molecular weight excluding hydrogens is 480 g/mol. The zero-order valence-electron chi connectivity index (χ0n) is 21.7. The van der Waals surface area contributed by atoms with Crippen molar-refractivity contribution in [3.05, 3.63) is 108 Å². The highest BCUT2D eigenvalue weighted by molar-refractivity contribution is 5.58. The van der Waals surface area contributed by atoms with Crippen molar-refractivity contribution in [1.82, 2.24) is 19.5 Å². The van der Waals surface area contributed by atoms with Gasteiger partial charge in [-0.25, -0.2) is 15.0 Å². The van der Waals surface area contributed by atoms with Gasteiger partial charge in [0.15, 0.2) is 28.8 Å². The highest BCUT2D eigenvalue weighted by Gasteiger charge is 2.31. The van der Waals surface area contributed by atoms with Gasteiger partial charge in [-0.2, -0.15) is 0 Å². The molecule has 38 heavy (non-hydrogen) atoms. The summed E-state index contributed by atoms with van der Waals surface area (Å²) in [5.41, 5.74) is 2.62. The predicted molar refractivity (Wildman–Crippen MR) is 143 cm³/mol. The summed E-state index contributed by atoms with van der Waals surface area (Å²) in [4.78, 5) is 13.5. The van der Waals surface area contributed by atoms with Crippen LogP contribution in [-0.4, -0.2) is 31.7 Å². The Morgan fingerprint density at radius 2 is 1.50 bits per heavy atom. The first-order valence-electron chi connectivity index (χ1n) is 12.4. The summed E-state index contributed by atoms with van der Waals surface area (Å²) in [5.74, 6) is 2.11. The Hall–Kier alpha value is -4.43. The van der Waals surface area contributed by atoms with Crippen molar-refractivity contribution in [2.75, 3.05) is 7.11 Å². The Morgan fingerprint density at radius 1 is 0.816 bits per heavy atom. The van der Waals surface area contributed by atoms with Crippen LogP contribution in [0.1, 0.15) is 36.4 Å². The van der Waals surface area contributed by atoms with Crippen LogP contribution < -0.4 is 9.47 Å². The molecule has 0 saturated carbocycles. The lowest BCUT2D eigenvalue weighted by Gasteiger charge is -2.22. The Kier molecular flexibility index (Phi) is 7.24. The lowest BCUT2D eigenvalue weighted by atomic mass is 10.1. The maximum Gasteiger partial charge on any atom is 0.242 e. The van der Waals surface area contributed by atoms with E-state index in [4.69, 9.17) is 19.2 Å². The average Bonchev–Trinajstić information content (AvgIpc) is 3.42. The molecule has 0 saturated heterocycles. The van der Waals surface area contributed by atoms with Crippen LogP contribution in [0.3, 0.4) is 0 Å². The minimum absolute atomic E-state index is 0.171. The second-order valence-electron chi connectivity index (χ2n) is 9.46. The fourth-order valence-corrected chi connectivity index (χ4v) is 4.08. The van der Waals surface area contributed by atoms with Crippen molar-refractivity contribution in [1.29, 1.82) is 0 Å². The first-order valence-corrected chi connectivity index (χ1v) is 12.4. The molecule has 8 heteroatoms. The third-order valence-electron chi connectivity index (χ3n) is 6.24. The van der Waals surface area contributed by atoms with Crippen molar-refractivity contribution in [2.45, 2.75) is 39.2 Å². The lowest BCUT2D eigenvalue weighted by Crippen LogP contribution is -2.23. The Bertz CT molecular complexity index is 1470. The third kappa shape index (κ3) is 5.60. The van der Waals surface area contributed by atoms with E-state index in [9.17, 15) is 5.11 Å². The molecule has 0 spiro atoms. The molecule has 0 fully saturated rings. The fourth-order valence-electron chi connectivity index (χ4n) is 4.08. The van der Waals surface area contributed by atoms with Crippen LogP contribution in [0.5, 0.6) is 17.4 Å². The molecule has 2 heterocycles. The van der Waals surface area contributed by atoms with E-state index < -0.39 is 5.60 Å². The van der Waals surface area contributed by atoms with Gasteiger partial charge in [0.2, 0.25) is 5.88 Å². The van der Waals surface area contributed by atoms with Gasteiger partial charge < -0.3 is 23.9 Å². The molecule has 1 N–H and O–H groups in total. The van der Waals surface area contributed by atoms with Crippen LogP contribution in [0, 0.1) is 0 Å². The first-order chi connectivity index (χ1) is 18.4. The van der Waals surface area contributed by atoms with Crippen molar-refractivity contribution in [3.8, 4) is 28.9 Å². The number of ether oxygens (including phenoxy) is 3. The molecule has 194 valence electrons. The number of hydrogen-bond acceptors (Lipinski definition) is 7. The van der Waals surface area contributed by atoms with E-state index in [1.165, 1.54) is 0 Å². The predicted octanol–water partition coefficient (Wildman–Crippen LogP) is 5.57. The number of aromatic nitrogens is 4. The monoisotopic (exact) mass is 510 g/mol. The molecule has 0 bridgehead atoms. The smallest absolute Gasteiger partial charge is 0.242 e. The van der Waals surface area contributed by atoms with Crippen LogP contribution in [0.25, 0.3) is 11.5 Å². The number of rotatable bonds is 10. The first kappa shape index (κ1) is 25.2. The number of aromatic hydroxyl groups is 1. The number of benzene rings is 3. The van der Waals surface area contributed by atoms with Gasteiger partial charge in [0, 0.05) is 0 Å². The maximum absolute atomic E-state index is 10.4. The number of fused-ring (bicyclic) bond motifs is 1. The topological polar surface area (TPSA) is 91.5 Å². The Labute approximate surface area is 221 Å². The van der Waals surface area contributed by atoms with Crippen LogP contribution >= 0.6 is 0 Å². The van der Waals surface area contributed by atoms with Gasteiger partial charge in [-0.15, -0.1) is 0 Å². The molecule has 0 atom stereocenters. The van der Waals surface area contributed by atoms with Crippen LogP contribution in [-0.2, 0) is 30.1 Å². The van der Waals surface area contributed by atoms with E-state index in [2.05, 4.69) is 9.97 Å². The fraction of sp³-hybridized carbons (Fsp3) is 0.233. The highest BCUT2D eigenvalue weighted by atomic mass is 16.5. The molecule has 0 aromatic heterocycles. The summed E-state index contributed by atoms with van der Waals surface area (Å²) in [6, 6.07) is 25.7. The number of nitrogens with zero attached hydrogens (tertiary/aromatic N) is 4. The minimum Gasteiger partial charge on any atom is -0.493 e. The molecule has 5 rings (SSSR count). The molecular formula is C30H30N4O4. The summed E-state index contributed by atoms with van der Waals surface area (Å²) in [7, 11) is 1.62. The zero-order chi connectivity index (χ0) is 26.5. The number of hydrogen-bond donors (Lipinski definition) is 1. The lowest BCUT2D eigenvalue weighted by molar-refractivity contribution is -0.0393. The second-order valence-corrected chi connectivity index (χ2v) is 9.46. The van der Waals surface area contributed by atoms with Crippen LogP contribution in [0.2, 0.25) is 0 Å². The van der Waals surface area contributed by atoms with Crippen molar-refractivity contribution < 1.29 is 19.3 Å².